The van der Waals surface area contributed by atoms with Crippen molar-refractivity contribution in [2.24, 2.45) is 13.0 Å². The van der Waals surface area contributed by atoms with E-state index < -0.39 is 0 Å². The van der Waals surface area contributed by atoms with Crippen LogP contribution in [0.4, 0.5) is 10.5 Å². The van der Waals surface area contributed by atoms with Crippen molar-refractivity contribution in [3.8, 4) is 0 Å². The fraction of sp³-hybridized carbons (Fsp3) is 0.462. The molecule has 1 aliphatic carbocycles. The second kappa shape index (κ2) is 5.24. The van der Waals surface area contributed by atoms with Crippen LogP contribution in [-0.2, 0) is 7.05 Å². The quantitative estimate of drug-likeness (QED) is 0.909. The number of aryl methyl sites for hydroxylation is 2. The Morgan fingerprint density at radius 3 is 2.90 bits per heavy atom. The molecule has 3 rings (SSSR count). The zero-order valence-corrected chi connectivity index (χ0v) is 12.3. The summed E-state index contributed by atoms with van der Waals surface area (Å²) in [5.41, 5.74) is 1.69. The molecule has 20 heavy (non-hydrogen) atoms. The summed E-state index contributed by atoms with van der Waals surface area (Å²) in [5.74, 6) is 0.514. The Morgan fingerprint density at radius 1 is 1.55 bits per heavy atom. The Bertz CT molecular complexity index is 616. The number of amides is 2. The molecule has 1 aliphatic rings. The summed E-state index contributed by atoms with van der Waals surface area (Å²) in [6.45, 7) is 1.97. The number of carbonyl (C=O) groups excluding carboxylic acids is 1. The third-order valence-corrected chi connectivity index (χ3v) is 4.29. The maximum Gasteiger partial charge on any atom is 0.319 e. The minimum Gasteiger partial charge on any atom is -0.328 e. The molecule has 2 aromatic rings. The molecule has 0 bridgehead atoms. The van der Waals surface area contributed by atoms with E-state index in [1.807, 2.05) is 19.4 Å². The fourth-order valence-electron chi connectivity index (χ4n) is 2.12. The molecule has 7 heteroatoms. The van der Waals surface area contributed by atoms with Crippen molar-refractivity contribution >= 4 is 23.1 Å². The number of hydrogen-bond acceptors (Lipinski definition) is 4. The third-order valence-electron chi connectivity index (χ3n) is 3.25. The third kappa shape index (κ3) is 2.98. The molecule has 0 aromatic carbocycles. The number of nitrogens with zero attached hydrogens (tertiary/aromatic N) is 3. The normalized spacial score (nSPS) is 15.9. The first kappa shape index (κ1) is 13.1. The molecule has 2 amide bonds. The van der Waals surface area contributed by atoms with Crippen molar-refractivity contribution in [1.82, 2.24) is 20.1 Å². The molecule has 0 saturated heterocycles. The highest BCUT2D eigenvalue weighted by Crippen LogP contribution is 2.41. The van der Waals surface area contributed by atoms with Gasteiger partial charge >= 0.3 is 6.03 Å². The summed E-state index contributed by atoms with van der Waals surface area (Å²) in [7, 11) is 1.81. The summed E-state index contributed by atoms with van der Waals surface area (Å²) >= 11 is 1.61. The SMILES string of the molecule is Cc1csc([C@H](NC(=O)Nc2cnn(C)c2)C2CC2)n1. The van der Waals surface area contributed by atoms with Gasteiger partial charge in [-0.05, 0) is 25.7 Å². The Kier molecular flexibility index (Phi) is 3.43. The van der Waals surface area contributed by atoms with Crippen molar-refractivity contribution in [2.45, 2.75) is 25.8 Å². The second-order valence-corrected chi connectivity index (χ2v) is 6.03. The van der Waals surface area contributed by atoms with E-state index in [-0.39, 0.29) is 12.1 Å². The van der Waals surface area contributed by atoms with Crippen molar-refractivity contribution in [3.63, 3.8) is 0 Å². The molecule has 1 fully saturated rings. The monoisotopic (exact) mass is 291 g/mol. The number of rotatable bonds is 4. The van der Waals surface area contributed by atoms with Crippen LogP contribution in [0.2, 0.25) is 0 Å². The molecule has 0 unspecified atom stereocenters. The maximum absolute atomic E-state index is 12.1. The lowest BCUT2D eigenvalue weighted by Gasteiger charge is -2.15. The highest BCUT2D eigenvalue weighted by Gasteiger charge is 2.35. The van der Waals surface area contributed by atoms with Gasteiger partial charge in [-0.25, -0.2) is 9.78 Å². The molecular weight excluding hydrogens is 274 g/mol. The molecule has 0 radical (unpaired) electrons. The molecular formula is C13H17N5OS. The van der Waals surface area contributed by atoms with E-state index in [0.29, 0.717) is 11.6 Å². The summed E-state index contributed by atoms with van der Waals surface area (Å²) in [5, 5.41) is 12.9. The van der Waals surface area contributed by atoms with Crippen LogP contribution in [0.15, 0.2) is 17.8 Å². The lowest BCUT2D eigenvalue weighted by Crippen LogP contribution is -2.33. The largest absolute Gasteiger partial charge is 0.328 e. The van der Waals surface area contributed by atoms with Crippen molar-refractivity contribution in [1.29, 1.82) is 0 Å². The zero-order chi connectivity index (χ0) is 14.1. The molecule has 0 aliphatic heterocycles. The van der Waals surface area contributed by atoms with E-state index in [0.717, 1.165) is 23.5 Å². The highest BCUT2D eigenvalue weighted by molar-refractivity contribution is 7.09. The van der Waals surface area contributed by atoms with Crippen LogP contribution in [0.5, 0.6) is 0 Å². The number of thiazole rings is 1. The van der Waals surface area contributed by atoms with Crippen molar-refractivity contribution in [2.75, 3.05) is 5.32 Å². The Labute approximate surface area is 121 Å². The molecule has 2 N–H and O–H groups in total. The minimum absolute atomic E-state index is 0.0189. The second-order valence-electron chi connectivity index (χ2n) is 5.14. The summed E-state index contributed by atoms with van der Waals surface area (Å²) in [6.07, 6.45) is 5.69. The van der Waals surface area contributed by atoms with E-state index in [9.17, 15) is 4.79 Å². The number of aromatic nitrogens is 3. The first-order chi connectivity index (χ1) is 9.61. The first-order valence-corrected chi connectivity index (χ1v) is 7.48. The lowest BCUT2D eigenvalue weighted by atomic mass is 10.2. The van der Waals surface area contributed by atoms with Gasteiger partial charge in [-0.15, -0.1) is 11.3 Å². The van der Waals surface area contributed by atoms with Gasteiger partial charge in [0.25, 0.3) is 0 Å². The molecule has 0 spiro atoms. The smallest absolute Gasteiger partial charge is 0.319 e. The van der Waals surface area contributed by atoms with E-state index in [2.05, 4.69) is 20.7 Å². The molecule has 6 nitrogen and oxygen atoms in total. The van der Waals surface area contributed by atoms with Crippen LogP contribution in [0.25, 0.3) is 0 Å². The number of nitrogens with one attached hydrogen (secondary N) is 2. The summed E-state index contributed by atoms with van der Waals surface area (Å²) in [6, 6.07) is -0.187. The fourth-order valence-corrected chi connectivity index (χ4v) is 3.06. The molecule has 2 aromatic heterocycles. The zero-order valence-electron chi connectivity index (χ0n) is 11.5. The van der Waals surface area contributed by atoms with Crippen LogP contribution in [0.3, 0.4) is 0 Å². The lowest BCUT2D eigenvalue weighted by molar-refractivity contribution is 0.247. The predicted molar refractivity (Wildman–Crippen MR) is 77.7 cm³/mol. The maximum atomic E-state index is 12.1. The van der Waals surface area contributed by atoms with E-state index in [1.165, 1.54) is 0 Å². The first-order valence-electron chi connectivity index (χ1n) is 6.60. The van der Waals surface area contributed by atoms with Gasteiger partial charge in [0.05, 0.1) is 17.9 Å². The van der Waals surface area contributed by atoms with Gasteiger partial charge < -0.3 is 10.6 Å². The Hall–Kier alpha value is -1.89. The highest BCUT2D eigenvalue weighted by atomic mass is 32.1. The minimum atomic E-state index is -0.206. The van der Waals surface area contributed by atoms with Crippen LogP contribution in [0.1, 0.15) is 29.6 Å². The van der Waals surface area contributed by atoms with Gasteiger partial charge in [0, 0.05) is 24.3 Å². The average Bonchev–Trinajstić information content (AvgIpc) is 3.03. The van der Waals surface area contributed by atoms with E-state index in [1.54, 1.807) is 28.4 Å². The number of urea groups is 1. The topological polar surface area (TPSA) is 71.8 Å². The van der Waals surface area contributed by atoms with Crippen molar-refractivity contribution < 1.29 is 4.79 Å². The van der Waals surface area contributed by atoms with E-state index in [4.69, 9.17) is 0 Å². The summed E-state index contributed by atoms with van der Waals surface area (Å²) < 4.78 is 1.65. The Balaban J connectivity index is 1.66. The summed E-state index contributed by atoms with van der Waals surface area (Å²) in [4.78, 5) is 16.6. The molecule has 106 valence electrons. The molecule has 1 atom stereocenters. The van der Waals surface area contributed by atoms with Gasteiger partial charge in [0.15, 0.2) is 0 Å². The molecule has 2 heterocycles. The van der Waals surface area contributed by atoms with Crippen LogP contribution < -0.4 is 10.6 Å². The Morgan fingerprint density at radius 2 is 2.35 bits per heavy atom. The van der Waals surface area contributed by atoms with Crippen LogP contribution >= 0.6 is 11.3 Å². The van der Waals surface area contributed by atoms with E-state index >= 15 is 0 Å². The average molecular weight is 291 g/mol. The van der Waals surface area contributed by atoms with Crippen molar-refractivity contribution in [3.05, 3.63) is 28.5 Å². The molecule has 1 saturated carbocycles. The number of anilines is 1. The van der Waals surface area contributed by atoms with Gasteiger partial charge in [-0.1, -0.05) is 0 Å². The van der Waals surface area contributed by atoms with Gasteiger partial charge in [-0.2, -0.15) is 5.10 Å². The number of carbonyl (C=O) groups is 1. The van der Waals surface area contributed by atoms with Gasteiger partial charge in [0.1, 0.15) is 5.01 Å². The predicted octanol–water partition coefficient (Wildman–Crippen LogP) is 2.46. The van der Waals surface area contributed by atoms with Crippen LogP contribution in [0, 0.1) is 12.8 Å². The van der Waals surface area contributed by atoms with Gasteiger partial charge in [0.2, 0.25) is 0 Å². The van der Waals surface area contributed by atoms with Gasteiger partial charge in [-0.3, -0.25) is 4.68 Å². The number of hydrogen-bond donors (Lipinski definition) is 2. The van der Waals surface area contributed by atoms with Crippen LogP contribution in [-0.4, -0.2) is 20.8 Å². The standard InChI is InChI=1S/C13H17N5OS/c1-8-7-20-12(15-8)11(9-3-4-9)17-13(19)16-10-5-14-18(2)6-10/h5-7,9,11H,3-4H2,1-2H3,(H2,16,17,19)/t11-/m1/s1.